The van der Waals surface area contributed by atoms with Gasteiger partial charge in [0.15, 0.2) is 6.61 Å². The van der Waals surface area contributed by atoms with Crippen molar-refractivity contribution in [3.05, 3.63) is 63.2 Å². The molecule has 9 nitrogen and oxygen atoms in total. The number of hydrogen-bond donors (Lipinski definition) is 1. The van der Waals surface area contributed by atoms with E-state index in [4.69, 9.17) is 16.3 Å². The topological polar surface area (TPSA) is 119 Å². The van der Waals surface area contributed by atoms with Crippen LogP contribution >= 0.6 is 11.6 Å². The van der Waals surface area contributed by atoms with Crippen molar-refractivity contribution in [1.29, 1.82) is 0 Å². The number of amides is 2. The van der Waals surface area contributed by atoms with Crippen LogP contribution in [0.25, 0.3) is 0 Å². The van der Waals surface area contributed by atoms with Crippen molar-refractivity contribution < 1.29 is 24.0 Å². The third-order valence-corrected chi connectivity index (χ3v) is 4.90. The number of halogens is 1. The first-order chi connectivity index (χ1) is 14.2. The Bertz CT molecular complexity index is 1010. The van der Waals surface area contributed by atoms with Crippen LogP contribution in [-0.2, 0) is 19.1 Å². The molecule has 2 aromatic rings. The summed E-state index contributed by atoms with van der Waals surface area (Å²) >= 11 is 5.91. The van der Waals surface area contributed by atoms with Gasteiger partial charge in [0.25, 0.3) is 11.6 Å². The molecule has 1 atom stereocenters. The van der Waals surface area contributed by atoms with E-state index in [0.29, 0.717) is 5.69 Å². The van der Waals surface area contributed by atoms with E-state index in [1.807, 2.05) is 31.2 Å². The van der Waals surface area contributed by atoms with E-state index in [1.165, 1.54) is 17.0 Å². The van der Waals surface area contributed by atoms with Crippen molar-refractivity contribution in [2.24, 2.45) is 5.92 Å². The molecule has 0 radical (unpaired) electrons. The number of carbonyl (C=O) groups excluding carboxylic acids is 3. The fourth-order valence-electron chi connectivity index (χ4n) is 3.00. The molecule has 1 aliphatic rings. The number of non-ortho nitro benzene ring substituents is 1. The van der Waals surface area contributed by atoms with Gasteiger partial charge in [-0.2, -0.15) is 0 Å². The molecule has 2 amide bonds. The fraction of sp³-hybridized carbons (Fsp3) is 0.250. The van der Waals surface area contributed by atoms with Crippen molar-refractivity contribution in [1.82, 2.24) is 0 Å². The Morgan fingerprint density at radius 2 is 1.97 bits per heavy atom. The Morgan fingerprint density at radius 3 is 2.60 bits per heavy atom. The Morgan fingerprint density at radius 1 is 1.27 bits per heavy atom. The van der Waals surface area contributed by atoms with Crippen molar-refractivity contribution in [3.8, 4) is 0 Å². The van der Waals surface area contributed by atoms with E-state index in [-0.39, 0.29) is 35.3 Å². The van der Waals surface area contributed by atoms with E-state index in [0.717, 1.165) is 11.6 Å². The van der Waals surface area contributed by atoms with Gasteiger partial charge in [0, 0.05) is 30.8 Å². The monoisotopic (exact) mass is 431 g/mol. The smallest absolute Gasteiger partial charge is 0.311 e. The molecule has 1 heterocycles. The van der Waals surface area contributed by atoms with E-state index < -0.39 is 29.3 Å². The predicted molar refractivity (Wildman–Crippen MR) is 109 cm³/mol. The average Bonchev–Trinajstić information content (AvgIpc) is 3.10. The minimum absolute atomic E-state index is 0.00249. The van der Waals surface area contributed by atoms with Crippen LogP contribution in [0.4, 0.5) is 17.1 Å². The first kappa shape index (κ1) is 21.3. The number of nitro benzene ring substituents is 1. The first-order valence-electron chi connectivity index (χ1n) is 9.02. The van der Waals surface area contributed by atoms with Crippen LogP contribution in [0.3, 0.4) is 0 Å². The summed E-state index contributed by atoms with van der Waals surface area (Å²) in [6.07, 6.45) is 0.00249. The van der Waals surface area contributed by atoms with Crippen LogP contribution in [0, 0.1) is 23.0 Å². The van der Waals surface area contributed by atoms with E-state index >= 15 is 0 Å². The summed E-state index contributed by atoms with van der Waals surface area (Å²) in [6.45, 7) is 1.54. The molecule has 0 saturated carbocycles. The van der Waals surface area contributed by atoms with Gasteiger partial charge in [-0.05, 0) is 25.1 Å². The molecular weight excluding hydrogens is 414 g/mol. The zero-order chi connectivity index (χ0) is 21.8. The number of ether oxygens (including phenoxy) is 1. The lowest BCUT2D eigenvalue weighted by Gasteiger charge is -2.16. The van der Waals surface area contributed by atoms with Gasteiger partial charge in [-0.1, -0.05) is 29.3 Å². The molecule has 0 spiro atoms. The number of nitrogens with zero attached hydrogens (tertiary/aromatic N) is 2. The minimum Gasteiger partial charge on any atom is -0.455 e. The zero-order valence-corrected chi connectivity index (χ0v) is 16.7. The van der Waals surface area contributed by atoms with Crippen LogP contribution in [0.2, 0.25) is 5.02 Å². The molecule has 10 heteroatoms. The number of benzene rings is 2. The maximum absolute atomic E-state index is 12.3. The largest absolute Gasteiger partial charge is 0.455 e. The zero-order valence-electron chi connectivity index (χ0n) is 16.0. The molecule has 1 fully saturated rings. The highest BCUT2D eigenvalue weighted by molar-refractivity contribution is 6.34. The molecule has 30 heavy (non-hydrogen) atoms. The summed E-state index contributed by atoms with van der Waals surface area (Å²) in [5, 5.41) is 13.1. The normalized spacial score (nSPS) is 15.7. The standard InChI is InChI=1S/C20H18ClN3O6/c1-12-2-4-14(5-3-12)23-10-13(8-19(23)26)20(27)30-11-18(25)22-17-7-6-15(24(28)29)9-16(17)21/h2-7,9,13H,8,10-11H2,1H3,(H,22,25). The lowest BCUT2D eigenvalue weighted by molar-refractivity contribution is -0.384. The summed E-state index contributed by atoms with van der Waals surface area (Å²) in [5.74, 6) is -2.17. The number of hydrogen-bond acceptors (Lipinski definition) is 6. The van der Waals surface area contributed by atoms with Gasteiger partial charge >= 0.3 is 5.97 Å². The summed E-state index contributed by atoms with van der Waals surface area (Å²) in [7, 11) is 0. The molecule has 1 saturated heterocycles. The predicted octanol–water partition coefficient (Wildman–Crippen LogP) is 3.09. The van der Waals surface area contributed by atoms with E-state index in [1.54, 1.807) is 0 Å². The number of aryl methyl sites for hydroxylation is 1. The van der Waals surface area contributed by atoms with Gasteiger partial charge in [0.1, 0.15) is 0 Å². The molecule has 1 unspecified atom stereocenters. The maximum Gasteiger partial charge on any atom is 0.311 e. The van der Waals surface area contributed by atoms with Crippen LogP contribution in [0.1, 0.15) is 12.0 Å². The van der Waals surface area contributed by atoms with Crippen LogP contribution in [0.5, 0.6) is 0 Å². The summed E-state index contributed by atoms with van der Waals surface area (Å²) in [5.41, 5.74) is 1.70. The maximum atomic E-state index is 12.3. The molecule has 0 aromatic heterocycles. The summed E-state index contributed by atoms with van der Waals surface area (Å²) in [6, 6.07) is 11.0. The van der Waals surface area contributed by atoms with Crippen LogP contribution < -0.4 is 10.2 Å². The van der Waals surface area contributed by atoms with Gasteiger partial charge in [0.2, 0.25) is 5.91 Å². The molecule has 156 valence electrons. The van der Waals surface area contributed by atoms with E-state index in [2.05, 4.69) is 5.32 Å². The third kappa shape index (κ3) is 4.93. The first-order valence-corrected chi connectivity index (χ1v) is 9.40. The van der Waals surface area contributed by atoms with Crippen molar-refractivity contribution in [3.63, 3.8) is 0 Å². The molecule has 2 aromatic carbocycles. The molecule has 1 N–H and O–H groups in total. The van der Waals surface area contributed by atoms with Gasteiger partial charge < -0.3 is 15.0 Å². The summed E-state index contributed by atoms with van der Waals surface area (Å²) in [4.78, 5) is 48.2. The van der Waals surface area contributed by atoms with Gasteiger partial charge in [-0.3, -0.25) is 24.5 Å². The average molecular weight is 432 g/mol. The van der Waals surface area contributed by atoms with Crippen molar-refractivity contribution in [2.45, 2.75) is 13.3 Å². The number of rotatable bonds is 6. The third-order valence-electron chi connectivity index (χ3n) is 4.59. The lowest BCUT2D eigenvalue weighted by atomic mass is 10.1. The molecular formula is C20H18ClN3O6. The molecule has 1 aliphatic heterocycles. The Balaban J connectivity index is 1.53. The SMILES string of the molecule is Cc1ccc(N2CC(C(=O)OCC(=O)Nc3ccc([N+](=O)[O-])cc3Cl)CC2=O)cc1. The van der Waals surface area contributed by atoms with Gasteiger partial charge in [0.05, 0.1) is 21.6 Å². The highest BCUT2D eigenvalue weighted by Crippen LogP contribution is 2.27. The Labute approximate surface area is 176 Å². The van der Waals surface area contributed by atoms with Gasteiger partial charge in [-0.15, -0.1) is 0 Å². The second-order valence-electron chi connectivity index (χ2n) is 6.82. The van der Waals surface area contributed by atoms with Crippen LogP contribution in [-0.4, -0.2) is 35.9 Å². The molecule has 0 aliphatic carbocycles. The van der Waals surface area contributed by atoms with Crippen molar-refractivity contribution >= 4 is 46.4 Å². The second-order valence-corrected chi connectivity index (χ2v) is 7.23. The Hall–Kier alpha value is -3.46. The van der Waals surface area contributed by atoms with Crippen molar-refractivity contribution in [2.75, 3.05) is 23.4 Å². The van der Waals surface area contributed by atoms with E-state index in [9.17, 15) is 24.5 Å². The molecule has 3 rings (SSSR count). The highest BCUT2D eigenvalue weighted by Gasteiger charge is 2.36. The number of esters is 1. The quantitative estimate of drug-likeness (QED) is 0.426. The summed E-state index contributed by atoms with van der Waals surface area (Å²) < 4.78 is 5.03. The second kappa shape index (κ2) is 8.91. The number of nitro groups is 1. The fourth-order valence-corrected chi connectivity index (χ4v) is 3.22. The number of anilines is 2. The lowest BCUT2D eigenvalue weighted by Crippen LogP contribution is -2.28. The van der Waals surface area contributed by atoms with Gasteiger partial charge in [-0.25, -0.2) is 0 Å². The minimum atomic E-state index is -0.672. The molecule has 0 bridgehead atoms. The number of nitrogens with one attached hydrogen (secondary N) is 1. The van der Waals surface area contributed by atoms with Crippen LogP contribution in [0.15, 0.2) is 42.5 Å². The highest BCUT2D eigenvalue weighted by atomic mass is 35.5. The Kier molecular flexibility index (Phi) is 6.31. The number of carbonyl (C=O) groups is 3.